The fraction of sp³-hybridized carbons (Fsp3) is 0.304. The van der Waals surface area contributed by atoms with Crippen molar-refractivity contribution in [3.05, 3.63) is 71.9 Å². The van der Waals surface area contributed by atoms with Crippen LogP contribution in [0.4, 0.5) is 0 Å². The quantitative estimate of drug-likeness (QED) is 0.554. The highest BCUT2D eigenvalue weighted by Gasteiger charge is 2.52. The lowest BCUT2D eigenvalue weighted by Gasteiger charge is -2.14. The van der Waals surface area contributed by atoms with Gasteiger partial charge in [0.2, 0.25) is 0 Å². The van der Waals surface area contributed by atoms with Crippen molar-refractivity contribution >= 4 is 16.9 Å². The minimum atomic E-state index is -0.690. The highest BCUT2D eigenvalue weighted by Crippen LogP contribution is 2.40. The minimum Gasteiger partial charge on any atom is -0.487 e. The maximum absolute atomic E-state index is 11.7. The first-order valence-corrected chi connectivity index (χ1v) is 9.47. The Morgan fingerprint density at radius 1 is 1.04 bits per heavy atom. The summed E-state index contributed by atoms with van der Waals surface area (Å²) in [5, 5.41) is 1.12. The van der Waals surface area contributed by atoms with Gasteiger partial charge in [-0.25, -0.2) is 9.78 Å². The van der Waals surface area contributed by atoms with Crippen LogP contribution in [-0.4, -0.2) is 30.3 Å². The first kappa shape index (κ1) is 18.4. The molecule has 5 heteroatoms. The number of methoxy groups -OCH3 is 1. The van der Waals surface area contributed by atoms with Crippen LogP contribution >= 0.6 is 0 Å². The summed E-state index contributed by atoms with van der Waals surface area (Å²) in [7, 11) is 1.40. The van der Waals surface area contributed by atoms with E-state index in [4.69, 9.17) is 14.2 Å². The van der Waals surface area contributed by atoms with Crippen LogP contribution in [0.25, 0.3) is 10.9 Å². The van der Waals surface area contributed by atoms with Crippen LogP contribution in [0.15, 0.2) is 60.7 Å². The highest BCUT2D eigenvalue weighted by molar-refractivity contribution is 5.82. The number of fused-ring (bicyclic) bond motifs is 1. The number of ether oxygens (including phenoxy) is 3. The molecular formula is C23H23NO4. The predicted molar refractivity (Wildman–Crippen MR) is 106 cm³/mol. The molecule has 1 saturated carbocycles. The van der Waals surface area contributed by atoms with E-state index in [1.807, 2.05) is 54.6 Å². The lowest BCUT2D eigenvalue weighted by molar-refractivity contribution is -0.157. The Labute approximate surface area is 164 Å². The molecule has 1 heterocycles. The Kier molecular flexibility index (Phi) is 5.26. The molecule has 4 rings (SSSR count). The molecule has 0 saturated heterocycles. The zero-order chi connectivity index (χ0) is 19.4. The molecule has 5 nitrogen and oxygen atoms in total. The molecule has 0 N–H and O–H groups in total. The monoisotopic (exact) mass is 377 g/mol. The molecule has 1 aliphatic rings. The number of para-hydroxylation sites is 1. The molecule has 0 atom stereocenters. The average Bonchev–Trinajstić information content (AvgIpc) is 3.53. The van der Waals surface area contributed by atoms with E-state index in [0.29, 0.717) is 13.2 Å². The lowest BCUT2D eigenvalue weighted by atomic mass is 10.1. The molecule has 28 heavy (non-hydrogen) atoms. The van der Waals surface area contributed by atoms with E-state index < -0.39 is 5.60 Å². The van der Waals surface area contributed by atoms with Crippen LogP contribution < -0.4 is 4.74 Å². The fourth-order valence-corrected chi connectivity index (χ4v) is 3.17. The van der Waals surface area contributed by atoms with Gasteiger partial charge in [-0.3, -0.25) is 0 Å². The normalized spacial score (nSPS) is 14.6. The third-order valence-corrected chi connectivity index (χ3v) is 5.00. The molecule has 0 aliphatic heterocycles. The van der Waals surface area contributed by atoms with Crippen molar-refractivity contribution < 1.29 is 19.0 Å². The molecular weight excluding hydrogens is 354 g/mol. The summed E-state index contributed by atoms with van der Waals surface area (Å²) in [6, 6.07) is 20.0. The number of esters is 1. The summed E-state index contributed by atoms with van der Waals surface area (Å²) >= 11 is 0. The van der Waals surface area contributed by atoms with Gasteiger partial charge in [0.15, 0.2) is 5.60 Å². The van der Waals surface area contributed by atoms with E-state index in [1.54, 1.807) is 0 Å². The third kappa shape index (κ3) is 4.15. The number of carbonyl (C=O) groups excluding carboxylic acids is 1. The van der Waals surface area contributed by atoms with E-state index in [-0.39, 0.29) is 5.97 Å². The summed E-state index contributed by atoms with van der Waals surface area (Å²) in [6.45, 7) is 0.922. The Hall–Kier alpha value is -2.92. The van der Waals surface area contributed by atoms with Gasteiger partial charge < -0.3 is 14.2 Å². The summed E-state index contributed by atoms with van der Waals surface area (Å²) in [4.78, 5) is 16.3. The Morgan fingerprint density at radius 2 is 1.82 bits per heavy atom. The second kappa shape index (κ2) is 7.98. The topological polar surface area (TPSA) is 57.7 Å². The highest BCUT2D eigenvalue weighted by atomic mass is 16.6. The SMILES string of the molecule is COC(=O)C1(OCCc2ccc(OCc3ccc4ccccc4n3)cc2)CC1. The Balaban J connectivity index is 1.27. The number of benzene rings is 2. The van der Waals surface area contributed by atoms with Gasteiger partial charge in [-0.15, -0.1) is 0 Å². The van der Waals surface area contributed by atoms with E-state index in [1.165, 1.54) is 7.11 Å². The van der Waals surface area contributed by atoms with Crippen LogP contribution in [0.2, 0.25) is 0 Å². The van der Waals surface area contributed by atoms with Crippen LogP contribution in [0.5, 0.6) is 5.75 Å². The van der Waals surface area contributed by atoms with Gasteiger partial charge in [-0.1, -0.05) is 36.4 Å². The van der Waals surface area contributed by atoms with Gasteiger partial charge in [0.25, 0.3) is 0 Å². The van der Waals surface area contributed by atoms with Gasteiger partial charge in [0, 0.05) is 5.39 Å². The summed E-state index contributed by atoms with van der Waals surface area (Å²) in [5.74, 6) is 0.534. The fourth-order valence-electron chi connectivity index (χ4n) is 3.17. The summed E-state index contributed by atoms with van der Waals surface area (Å²) in [5.41, 5.74) is 2.31. The summed E-state index contributed by atoms with van der Waals surface area (Å²) in [6.07, 6.45) is 2.23. The standard InChI is InChI=1S/C23H23NO4/c1-26-22(25)23(13-14-23)28-15-12-17-6-10-20(11-7-17)27-16-19-9-8-18-4-2-3-5-21(18)24-19/h2-11H,12-16H2,1H3. The van der Waals surface area contributed by atoms with Crippen LogP contribution in [0.3, 0.4) is 0 Å². The third-order valence-electron chi connectivity index (χ3n) is 5.00. The maximum atomic E-state index is 11.7. The van der Waals surface area contributed by atoms with E-state index in [2.05, 4.69) is 11.1 Å². The number of pyridine rings is 1. The number of nitrogens with zero attached hydrogens (tertiary/aromatic N) is 1. The van der Waals surface area contributed by atoms with Gasteiger partial charge in [0.1, 0.15) is 12.4 Å². The van der Waals surface area contributed by atoms with Crippen molar-refractivity contribution in [1.29, 1.82) is 0 Å². The molecule has 3 aromatic rings. The zero-order valence-electron chi connectivity index (χ0n) is 15.9. The molecule has 0 unspecified atom stereocenters. The van der Waals surface area contributed by atoms with E-state index in [9.17, 15) is 4.79 Å². The second-order valence-corrected chi connectivity index (χ2v) is 7.01. The number of hydrogen-bond acceptors (Lipinski definition) is 5. The number of carbonyl (C=O) groups is 1. The number of hydrogen-bond donors (Lipinski definition) is 0. The lowest BCUT2D eigenvalue weighted by Crippen LogP contribution is -2.28. The minimum absolute atomic E-state index is 0.265. The van der Waals surface area contributed by atoms with Gasteiger partial charge in [0.05, 0.1) is 24.9 Å². The zero-order valence-corrected chi connectivity index (χ0v) is 15.9. The van der Waals surface area contributed by atoms with Crippen LogP contribution in [-0.2, 0) is 27.3 Å². The van der Waals surface area contributed by atoms with Crippen molar-refractivity contribution in [2.24, 2.45) is 0 Å². The smallest absolute Gasteiger partial charge is 0.338 e. The van der Waals surface area contributed by atoms with E-state index >= 15 is 0 Å². The van der Waals surface area contributed by atoms with Crippen molar-refractivity contribution in [2.45, 2.75) is 31.5 Å². The first-order chi connectivity index (χ1) is 13.7. The van der Waals surface area contributed by atoms with Crippen molar-refractivity contribution in [3.8, 4) is 5.75 Å². The molecule has 144 valence electrons. The number of rotatable bonds is 8. The van der Waals surface area contributed by atoms with Crippen LogP contribution in [0.1, 0.15) is 24.1 Å². The van der Waals surface area contributed by atoms with E-state index in [0.717, 1.165) is 47.2 Å². The molecule has 0 amide bonds. The van der Waals surface area contributed by atoms with Gasteiger partial charge in [-0.2, -0.15) is 0 Å². The largest absolute Gasteiger partial charge is 0.487 e. The van der Waals surface area contributed by atoms with Crippen molar-refractivity contribution in [2.75, 3.05) is 13.7 Å². The Bertz CT molecular complexity index is 964. The summed E-state index contributed by atoms with van der Waals surface area (Å²) < 4.78 is 16.4. The van der Waals surface area contributed by atoms with Crippen LogP contribution in [0, 0.1) is 0 Å². The molecule has 1 aromatic heterocycles. The second-order valence-electron chi connectivity index (χ2n) is 7.01. The maximum Gasteiger partial charge on any atom is 0.338 e. The van der Waals surface area contributed by atoms with Gasteiger partial charge in [-0.05, 0) is 49.1 Å². The molecule has 2 aromatic carbocycles. The average molecular weight is 377 g/mol. The molecule has 0 radical (unpaired) electrons. The molecule has 0 bridgehead atoms. The first-order valence-electron chi connectivity index (χ1n) is 9.47. The van der Waals surface area contributed by atoms with Crippen molar-refractivity contribution in [3.63, 3.8) is 0 Å². The molecule has 1 fully saturated rings. The Morgan fingerprint density at radius 3 is 2.57 bits per heavy atom. The number of aromatic nitrogens is 1. The van der Waals surface area contributed by atoms with Gasteiger partial charge >= 0.3 is 5.97 Å². The van der Waals surface area contributed by atoms with Crippen molar-refractivity contribution in [1.82, 2.24) is 4.98 Å². The molecule has 1 aliphatic carbocycles. The molecule has 0 spiro atoms. The predicted octanol–water partition coefficient (Wildman–Crippen LogP) is 4.08.